The molecule has 4 aliphatic carbocycles. The molecule has 174 valence electrons. The number of carbonyl (C=O) groups excluding carboxylic acids is 1. The Balaban J connectivity index is 1.20. The Labute approximate surface area is 191 Å². The van der Waals surface area contributed by atoms with E-state index in [1.54, 1.807) is 36.4 Å². The topological polar surface area (TPSA) is 75.7 Å². The number of hydrogen-bond acceptors (Lipinski definition) is 4. The Morgan fingerprint density at radius 2 is 1.62 bits per heavy atom. The largest absolute Gasteiger partial charge is 0.379 e. The highest BCUT2D eigenvalue weighted by Crippen LogP contribution is 2.61. The number of hydrogen-bond donors (Lipinski definition) is 1. The number of benzene rings is 1. The van der Waals surface area contributed by atoms with Gasteiger partial charge in [0.05, 0.1) is 18.1 Å². The van der Waals surface area contributed by atoms with Crippen LogP contribution < -0.4 is 5.32 Å². The van der Waals surface area contributed by atoms with Gasteiger partial charge in [-0.05, 0) is 92.4 Å². The third-order valence-corrected chi connectivity index (χ3v) is 10.2. The van der Waals surface area contributed by atoms with E-state index in [1.807, 2.05) is 0 Å². The smallest absolute Gasteiger partial charge is 0.244 e. The zero-order valence-electron chi connectivity index (χ0n) is 18.8. The molecule has 6 rings (SSSR count). The minimum atomic E-state index is -3.50. The molecule has 5 aliphatic rings. The fraction of sp³-hybridized carbons (Fsp3) is 0.640. The highest BCUT2D eigenvalue weighted by Gasteiger charge is 2.53. The number of ether oxygens (including phenoxy) is 1. The summed E-state index contributed by atoms with van der Waals surface area (Å²) < 4.78 is 32.2. The van der Waals surface area contributed by atoms with Crippen LogP contribution >= 0.6 is 0 Å². The number of amides is 1. The summed E-state index contributed by atoms with van der Waals surface area (Å²) in [7, 11) is -3.50. The molecule has 1 heterocycles. The summed E-state index contributed by atoms with van der Waals surface area (Å²) in [6.07, 6.45) is 11.3. The van der Waals surface area contributed by atoms with Gasteiger partial charge in [0.15, 0.2) is 0 Å². The van der Waals surface area contributed by atoms with Crippen molar-refractivity contribution in [2.75, 3.05) is 26.3 Å². The number of morpholine rings is 1. The van der Waals surface area contributed by atoms with E-state index in [2.05, 4.69) is 12.2 Å². The summed E-state index contributed by atoms with van der Waals surface area (Å²) in [5.74, 6) is 2.52. The monoisotopic (exact) mass is 458 g/mol. The summed E-state index contributed by atoms with van der Waals surface area (Å²) in [5, 5.41) is 3.25. The third kappa shape index (κ3) is 4.27. The number of nitrogens with zero attached hydrogens (tertiary/aromatic N) is 1. The van der Waals surface area contributed by atoms with E-state index in [0.717, 1.165) is 23.3 Å². The minimum absolute atomic E-state index is 0.0711. The second-order valence-corrected chi connectivity index (χ2v) is 12.4. The van der Waals surface area contributed by atoms with Crippen LogP contribution in [-0.2, 0) is 19.6 Å². The van der Waals surface area contributed by atoms with Crippen molar-refractivity contribution >= 4 is 22.0 Å². The molecule has 1 N–H and O–H groups in total. The summed E-state index contributed by atoms with van der Waals surface area (Å²) in [6, 6.07) is 6.91. The van der Waals surface area contributed by atoms with Crippen molar-refractivity contribution in [1.29, 1.82) is 0 Å². The van der Waals surface area contributed by atoms with Crippen molar-refractivity contribution in [1.82, 2.24) is 9.62 Å². The van der Waals surface area contributed by atoms with Crippen LogP contribution in [0.1, 0.15) is 51.0 Å². The van der Waals surface area contributed by atoms with Gasteiger partial charge in [-0.2, -0.15) is 4.31 Å². The van der Waals surface area contributed by atoms with Crippen LogP contribution in [0.25, 0.3) is 6.08 Å². The van der Waals surface area contributed by atoms with Crippen LogP contribution in [0.4, 0.5) is 0 Å². The molecule has 32 heavy (non-hydrogen) atoms. The third-order valence-electron chi connectivity index (χ3n) is 8.28. The maximum Gasteiger partial charge on any atom is 0.244 e. The van der Waals surface area contributed by atoms with Crippen molar-refractivity contribution in [3.05, 3.63) is 35.9 Å². The standard InChI is InChI=1S/C25H34N2O4S/c1-18(25-15-20-12-21(16-25)14-22(13-20)17-25)26-24(28)7-4-19-2-5-23(6-3-19)32(29,30)27-8-10-31-11-9-27/h2-7,18,20-22H,8-17H2,1H3,(H,26,28). The highest BCUT2D eigenvalue weighted by atomic mass is 32.2. The maximum absolute atomic E-state index is 12.7. The molecule has 6 nitrogen and oxygen atoms in total. The predicted octanol–water partition coefficient (Wildman–Crippen LogP) is 3.44. The second-order valence-electron chi connectivity index (χ2n) is 10.4. The molecule has 1 amide bonds. The van der Waals surface area contributed by atoms with Crippen LogP contribution in [0.5, 0.6) is 0 Å². The summed E-state index contributed by atoms with van der Waals surface area (Å²) in [6.45, 7) is 3.80. The SMILES string of the molecule is CC(NC(=O)C=Cc1ccc(S(=O)(=O)N2CCOCC2)cc1)C12CC3CC(CC(C3)C1)C2. The first-order valence-electron chi connectivity index (χ1n) is 12.0. The van der Waals surface area contributed by atoms with Gasteiger partial charge >= 0.3 is 0 Å². The van der Waals surface area contributed by atoms with Gasteiger partial charge in [-0.15, -0.1) is 0 Å². The Morgan fingerprint density at radius 3 is 2.19 bits per heavy atom. The Hall–Kier alpha value is -1.70. The molecule has 1 aromatic rings. The zero-order chi connectivity index (χ0) is 22.3. The van der Waals surface area contributed by atoms with Crippen LogP contribution in [0.15, 0.2) is 35.2 Å². The molecule has 1 unspecified atom stereocenters. The number of carbonyl (C=O) groups is 1. The van der Waals surface area contributed by atoms with Crippen LogP contribution in [0.3, 0.4) is 0 Å². The quantitative estimate of drug-likeness (QED) is 0.663. The summed E-state index contributed by atoms with van der Waals surface area (Å²) in [5.41, 5.74) is 1.09. The first-order valence-corrected chi connectivity index (χ1v) is 13.4. The van der Waals surface area contributed by atoms with Crippen molar-refractivity contribution in [3.63, 3.8) is 0 Å². The minimum Gasteiger partial charge on any atom is -0.379 e. The molecule has 0 aromatic heterocycles. The lowest BCUT2D eigenvalue weighted by Gasteiger charge is -2.59. The van der Waals surface area contributed by atoms with Gasteiger partial charge < -0.3 is 10.1 Å². The molecule has 0 spiro atoms. The molecule has 0 radical (unpaired) electrons. The predicted molar refractivity (Wildman–Crippen MR) is 123 cm³/mol. The molecule has 1 aliphatic heterocycles. The molecular weight excluding hydrogens is 424 g/mol. The van der Waals surface area contributed by atoms with E-state index in [4.69, 9.17) is 4.74 Å². The Morgan fingerprint density at radius 1 is 1.06 bits per heavy atom. The number of nitrogens with one attached hydrogen (secondary N) is 1. The molecule has 1 atom stereocenters. The second kappa shape index (κ2) is 8.58. The fourth-order valence-corrected chi connectivity index (χ4v) is 8.39. The van der Waals surface area contributed by atoms with E-state index in [1.165, 1.54) is 42.8 Å². The lowest BCUT2D eigenvalue weighted by Crippen LogP contribution is -2.55. The number of rotatable bonds is 6. The molecule has 5 fully saturated rings. The highest BCUT2D eigenvalue weighted by molar-refractivity contribution is 7.89. The van der Waals surface area contributed by atoms with Crippen LogP contribution in [0, 0.1) is 23.2 Å². The molecular formula is C25H34N2O4S. The normalized spacial score (nSPS) is 33.5. The van der Waals surface area contributed by atoms with E-state index in [9.17, 15) is 13.2 Å². The zero-order valence-corrected chi connectivity index (χ0v) is 19.6. The van der Waals surface area contributed by atoms with Crippen LogP contribution in [-0.4, -0.2) is 51.0 Å². The Kier molecular flexibility index (Phi) is 5.93. The van der Waals surface area contributed by atoms with E-state index < -0.39 is 10.0 Å². The fourth-order valence-electron chi connectivity index (χ4n) is 6.98. The molecule has 1 saturated heterocycles. The van der Waals surface area contributed by atoms with E-state index in [-0.39, 0.29) is 22.3 Å². The summed E-state index contributed by atoms with van der Waals surface area (Å²) >= 11 is 0. The first-order chi connectivity index (χ1) is 15.3. The van der Waals surface area contributed by atoms with Crippen molar-refractivity contribution in [2.24, 2.45) is 23.2 Å². The lowest BCUT2D eigenvalue weighted by atomic mass is 9.48. The number of sulfonamides is 1. The summed E-state index contributed by atoms with van der Waals surface area (Å²) in [4.78, 5) is 12.9. The molecule has 1 aromatic carbocycles. The average Bonchev–Trinajstić information content (AvgIpc) is 2.78. The van der Waals surface area contributed by atoms with Crippen molar-refractivity contribution < 1.29 is 17.9 Å². The van der Waals surface area contributed by atoms with Crippen molar-refractivity contribution in [3.8, 4) is 0 Å². The molecule has 7 heteroatoms. The lowest BCUT2D eigenvalue weighted by molar-refractivity contribution is -0.121. The average molecular weight is 459 g/mol. The maximum atomic E-state index is 12.7. The van der Waals surface area contributed by atoms with Gasteiger partial charge in [0.1, 0.15) is 0 Å². The van der Waals surface area contributed by atoms with Gasteiger partial charge in [0.25, 0.3) is 0 Å². The van der Waals surface area contributed by atoms with Gasteiger partial charge in [0.2, 0.25) is 15.9 Å². The van der Waals surface area contributed by atoms with Crippen LogP contribution in [0.2, 0.25) is 0 Å². The van der Waals surface area contributed by atoms with E-state index >= 15 is 0 Å². The van der Waals surface area contributed by atoms with Gasteiger partial charge in [-0.25, -0.2) is 8.42 Å². The molecule has 4 saturated carbocycles. The van der Waals surface area contributed by atoms with Gasteiger partial charge in [-0.3, -0.25) is 4.79 Å². The molecule has 4 bridgehead atoms. The van der Waals surface area contributed by atoms with Gasteiger partial charge in [0, 0.05) is 25.2 Å². The van der Waals surface area contributed by atoms with Crippen molar-refractivity contribution in [2.45, 2.75) is 56.4 Å². The van der Waals surface area contributed by atoms with E-state index in [0.29, 0.717) is 26.3 Å². The first kappa shape index (κ1) is 22.1. The van der Waals surface area contributed by atoms with Gasteiger partial charge in [-0.1, -0.05) is 12.1 Å². The Bertz CT molecular complexity index is 944.